The number of pyridine rings is 1. The quantitative estimate of drug-likeness (QED) is 0.278. The summed E-state index contributed by atoms with van der Waals surface area (Å²) in [6.07, 6.45) is -0.468. The Labute approximate surface area is 208 Å². The Balaban J connectivity index is 1.37. The van der Waals surface area contributed by atoms with Gasteiger partial charge in [-0.2, -0.15) is 13.2 Å². The molecule has 4 aromatic rings. The van der Waals surface area contributed by atoms with Gasteiger partial charge < -0.3 is 21.1 Å². The van der Waals surface area contributed by atoms with Crippen molar-refractivity contribution in [3.05, 3.63) is 83.3 Å². The average molecular weight is 515 g/mol. The summed E-state index contributed by atoms with van der Waals surface area (Å²) in [7, 11) is 0. The number of aryl methyl sites for hydroxylation is 1. The van der Waals surface area contributed by atoms with E-state index in [1.165, 1.54) is 31.6 Å². The van der Waals surface area contributed by atoms with Crippen LogP contribution in [0.25, 0.3) is 11.1 Å². The van der Waals surface area contributed by atoms with Crippen molar-refractivity contribution in [1.82, 2.24) is 15.0 Å². The van der Waals surface area contributed by atoms with Gasteiger partial charge in [0.2, 0.25) is 0 Å². The van der Waals surface area contributed by atoms with Gasteiger partial charge in [0, 0.05) is 17.4 Å². The number of aromatic nitrogens is 3. The van der Waals surface area contributed by atoms with Crippen molar-refractivity contribution in [2.75, 3.05) is 16.4 Å². The topological polar surface area (TPSA) is 115 Å². The molecule has 2 aromatic carbocycles. The number of urea groups is 1. The maximum absolute atomic E-state index is 13.0. The number of nitrogen functional groups attached to an aromatic ring is 1. The fourth-order valence-corrected chi connectivity index (χ4v) is 3.39. The smallest absolute Gasteiger partial charge is 0.416 e. The fourth-order valence-electron chi connectivity index (χ4n) is 3.23. The van der Waals surface area contributed by atoms with E-state index in [1.807, 2.05) is 0 Å². The van der Waals surface area contributed by atoms with Crippen LogP contribution in [-0.2, 0) is 6.18 Å². The SMILES string of the molecule is Cc1cc(NC(=O)Nc2cnc(Oc3ccc(-c4cc(Cl)cnc4N)cc3)nc2)cc(C(F)(F)F)c1. The first kappa shape index (κ1) is 24.7. The average Bonchev–Trinajstić information content (AvgIpc) is 2.81. The Kier molecular flexibility index (Phi) is 6.93. The second-order valence-corrected chi connectivity index (χ2v) is 8.07. The van der Waals surface area contributed by atoms with Gasteiger partial charge in [0.05, 0.1) is 28.7 Å². The number of amides is 2. The first-order valence-corrected chi connectivity index (χ1v) is 10.7. The van der Waals surface area contributed by atoms with E-state index >= 15 is 0 Å². The normalized spacial score (nSPS) is 11.1. The molecule has 2 aromatic heterocycles. The van der Waals surface area contributed by atoms with E-state index in [1.54, 1.807) is 30.3 Å². The molecule has 0 atom stereocenters. The molecule has 2 heterocycles. The number of hydrogen-bond acceptors (Lipinski definition) is 6. The predicted molar refractivity (Wildman–Crippen MR) is 130 cm³/mol. The van der Waals surface area contributed by atoms with Crippen molar-refractivity contribution in [3.8, 4) is 22.9 Å². The third-order valence-corrected chi connectivity index (χ3v) is 5.01. The Bertz CT molecular complexity index is 1400. The zero-order valence-electron chi connectivity index (χ0n) is 18.6. The predicted octanol–water partition coefficient (Wildman–Crippen LogP) is 6.54. The highest BCUT2D eigenvalue weighted by atomic mass is 35.5. The Morgan fingerprint density at radius 2 is 1.61 bits per heavy atom. The molecule has 0 aliphatic carbocycles. The van der Waals surface area contributed by atoms with E-state index in [-0.39, 0.29) is 17.4 Å². The van der Waals surface area contributed by atoms with Gasteiger partial charge in [0.1, 0.15) is 11.6 Å². The molecule has 4 rings (SSSR count). The first-order chi connectivity index (χ1) is 17.1. The third kappa shape index (κ3) is 6.19. The summed E-state index contributed by atoms with van der Waals surface area (Å²) < 4.78 is 44.6. The lowest BCUT2D eigenvalue weighted by Crippen LogP contribution is -2.20. The number of alkyl halides is 3. The molecule has 36 heavy (non-hydrogen) atoms. The Hall–Kier alpha value is -4.38. The van der Waals surface area contributed by atoms with E-state index in [0.29, 0.717) is 27.7 Å². The summed E-state index contributed by atoms with van der Waals surface area (Å²) in [6, 6.07) is 11.2. The van der Waals surface area contributed by atoms with E-state index in [2.05, 4.69) is 25.6 Å². The van der Waals surface area contributed by atoms with E-state index in [0.717, 1.165) is 17.7 Å². The number of halogens is 4. The first-order valence-electron chi connectivity index (χ1n) is 10.3. The number of carbonyl (C=O) groups excluding carboxylic acids is 1. The molecule has 0 saturated carbocycles. The van der Waals surface area contributed by atoms with Gasteiger partial charge in [0.25, 0.3) is 0 Å². The number of hydrogen-bond donors (Lipinski definition) is 3. The minimum Gasteiger partial charge on any atom is -0.424 e. The molecule has 0 radical (unpaired) electrons. The number of ether oxygens (including phenoxy) is 1. The second kappa shape index (κ2) is 10.1. The molecular formula is C24H18ClF3N6O2. The number of nitrogens with two attached hydrogens (primary N) is 1. The van der Waals surface area contributed by atoms with Gasteiger partial charge >= 0.3 is 18.2 Å². The van der Waals surface area contributed by atoms with Crippen LogP contribution in [0, 0.1) is 6.92 Å². The summed E-state index contributed by atoms with van der Waals surface area (Å²) in [5.41, 5.74) is 7.08. The minimum atomic E-state index is -4.53. The molecule has 2 amide bonds. The highest BCUT2D eigenvalue weighted by Crippen LogP contribution is 2.32. The molecule has 0 unspecified atom stereocenters. The van der Waals surface area contributed by atoms with Gasteiger partial charge in [-0.25, -0.2) is 19.7 Å². The lowest BCUT2D eigenvalue weighted by Gasteiger charge is -2.12. The summed E-state index contributed by atoms with van der Waals surface area (Å²) >= 11 is 5.99. The zero-order valence-corrected chi connectivity index (χ0v) is 19.4. The highest BCUT2D eigenvalue weighted by Gasteiger charge is 2.31. The molecule has 0 aliphatic heterocycles. The van der Waals surface area contributed by atoms with Gasteiger partial charge in [-0.3, -0.25) is 0 Å². The molecule has 0 bridgehead atoms. The van der Waals surface area contributed by atoms with Gasteiger partial charge in [0.15, 0.2) is 0 Å². The van der Waals surface area contributed by atoms with E-state index in [4.69, 9.17) is 22.1 Å². The van der Waals surface area contributed by atoms with Crippen molar-refractivity contribution in [1.29, 1.82) is 0 Å². The number of benzene rings is 2. The van der Waals surface area contributed by atoms with Crippen LogP contribution in [0.4, 0.5) is 35.2 Å². The second-order valence-electron chi connectivity index (χ2n) is 7.63. The van der Waals surface area contributed by atoms with Crippen LogP contribution in [0.1, 0.15) is 11.1 Å². The van der Waals surface area contributed by atoms with Crippen molar-refractivity contribution >= 4 is 34.8 Å². The van der Waals surface area contributed by atoms with Crippen molar-refractivity contribution in [2.24, 2.45) is 0 Å². The van der Waals surface area contributed by atoms with Crippen molar-refractivity contribution in [2.45, 2.75) is 13.1 Å². The summed E-state index contributed by atoms with van der Waals surface area (Å²) in [5.74, 6) is 0.789. The monoisotopic (exact) mass is 514 g/mol. The largest absolute Gasteiger partial charge is 0.424 e. The molecule has 0 spiro atoms. The summed E-state index contributed by atoms with van der Waals surface area (Å²) in [6.45, 7) is 1.50. The molecule has 184 valence electrons. The number of anilines is 3. The molecule has 4 N–H and O–H groups in total. The Morgan fingerprint density at radius 1 is 0.944 bits per heavy atom. The summed E-state index contributed by atoms with van der Waals surface area (Å²) in [4.78, 5) is 24.3. The molecule has 0 fully saturated rings. The maximum Gasteiger partial charge on any atom is 0.416 e. The lowest BCUT2D eigenvalue weighted by molar-refractivity contribution is -0.137. The molecule has 8 nitrogen and oxygen atoms in total. The lowest BCUT2D eigenvalue weighted by atomic mass is 10.1. The van der Waals surface area contributed by atoms with Crippen LogP contribution in [-0.4, -0.2) is 21.0 Å². The van der Waals surface area contributed by atoms with Crippen LogP contribution >= 0.6 is 11.6 Å². The number of nitrogens with one attached hydrogen (secondary N) is 2. The maximum atomic E-state index is 13.0. The fraction of sp³-hybridized carbons (Fsp3) is 0.0833. The molecule has 0 aliphatic rings. The van der Waals surface area contributed by atoms with Crippen LogP contribution in [0.15, 0.2) is 67.1 Å². The van der Waals surface area contributed by atoms with Crippen molar-refractivity contribution in [3.63, 3.8) is 0 Å². The van der Waals surface area contributed by atoms with Crippen LogP contribution in [0.5, 0.6) is 11.8 Å². The number of nitrogens with zero attached hydrogens (tertiary/aromatic N) is 3. The van der Waals surface area contributed by atoms with E-state index in [9.17, 15) is 18.0 Å². The molecule has 0 saturated heterocycles. The van der Waals surface area contributed by atoms with Gasteiger partial charge in [-0.1, -0.05) is 23.7 Å². The standard InChI is InChI=1S/C24H18ClF3N6O2/c1-13-6-15(24(26,27)28)8-17(7-13)33-22(35)34-18-11-31-23(32-12-18)36-19-4-2-14(3-5-19)20-9-16(25)10-30-21(20)29/h2-12H,1H3,(H2,29,30)(H2,33,34,35). The van der Waals surface area contributed by atoms with Gasteiger partial charge in [-0.05, 0) is 54.4 Å². The van der Waals surface area contributed by atoms with Crippen LogP contribution < -0.4 is 21.1 Å². The number of rotatable bonds is 5. The molecule has 12 heteroatoms. The van der Waals surface area contributed by atoms with E-state index < -0.39 is 17.8 Å². The zero-order chi connectivity index (χ0) is 25.9. The van der Waals surface area contributed by atoms with Crippen LogP contribution in [0.2, 0.25) is 5.02 Å². The summed E-state index contributed by atoms with van der Waals surface area (Å²) in [5, 5.41) is 5.28. The Morgan fingerprint density at radius 3 is 2.28 bits per heavy atom. The third-order valence-electron chi connectivity index (χ3n) is 4.81. The highest BCUT2D eigenvalue weighted by molar-refractivity contribution is 6.30. The van der Waals surface area contributed by atoms with Gasteiger partial charge in [-0.15, -0.1) is 0 Å². The minimum absolute atomic E-state index is 0.000504. The molecular weight excluding hydrogens is 497 g/mol. The number of carbonyl (C=O) groups is 1. The van der Waals surface area contributed by atoms with Crippen molar-refractivity contribution < 1.29 is 22.7 Å². The van der Waals surface area contributed by atoms with Crippen LogP contribution in [0.3, 0.4) is 0 Å².